The van der Waals surface area contributed by atoms with Crippen LogP contribution in [0.2, 0.25) is 0 Å². The molecular formula is C11H13N3O7. The number of amides is 1. The van der Waals surface area contributed by atoms with Gasteiger partial charge in [-0.3, -0.25) is 9.59 Å². The van der Waals surface area contributed by atoms with E-state index in [0.717, 1.165) is 17.7 Å². The molecule has 0 radical (unpaired) electrons. The van der Waals surface area contributed by atoms with Gasteiger partial charge in [0.1, 0.15) is 6.04 Å². The number of aromatic nitrogens is 1. The maximum absolute atomic E-state index is 11.9. The number of aliphatic carboxylic acids is 1. The highest BCUT2D eigenvalue weighted by Gasteiger charge is 2.27. The summed E-state index contributed by atoms with van der Waals surface area (Å²) in [5.41, 5.74) is -0.0992. The number of hydrogen-bond donors (Lipinski definition) is 2. The Morgan fingerprint density at radius 2 is 2.10 bits per heavy atom. The highest BCUT2D eigenvalue weighted by molar-refractivity contribution is 5.96. The first-order valence-electron chi connectivity index (χ1n) is 5.68. The van der Waals surface area contributed by atoms with Gasteiger partial charge < -0.3 is 25.3 Å². The van der Waals surface area contributed by atoms with Crippen molar-refractivity contribution in [2.75, 3.05) is 7.11 Å². The van der Waals surface area contributed by atoms with E-state index in [-0.39, 0.29) is 11.5 Å². The smallest absolute Gasteiger partial charge is 0.326 e. The summed E-state index contributed by atoms with van der Waals surface area (Å²) in [5.74, 6) is -3.39. The van der Waals surface area contributed by atoms with Gasteiger partial charge in [0.15, 0.2) is 5.69 Å². The molecule has 0 aliphatic carbocycles. The van der Waals surface area contributed by atoms with Crippen LogP contribution in [0.25, 0.3) is 0 Å². The van der Waals surface area contributed by atoms with E-state index in [1.54, 1.807) is 0 Å². The highest BCUT2D eigenvalue weighted by Crippen LogP contribution is 2.15. The van der Waals surface area contributed by atoms with Crippen molar-refractivity contribution in [3.63, 3.8) is 0 Å². The molecule has 0 aliphatic heterocycles. The third-order valence-electron chi connectivity index (χ3n) is 2.72. The number of carbonyl (C=O) groups excluding carboxylic acids is 2. The Morgan fingerprint density at radius 1 is 1.48 bits per heavy atom. The monoisotopic (exact) mass is 299 g/mol. The van der Waals surface area contributed by atoms with Crippen LogP contribution >= 0.6 is 0 Å². The summed E-state index contributed by atoms with van der Waals surface area (Å²) in [4.78, 5) is 44.0. The summed E-state index contributed by atoms with van der Waals surface area (Å²) in [6, 6.07) is 0.814. The normalized spacial score (nSPS) is 11.5. The lowest BCUT2D eigenvalue weighted by molar-refractivity contribution is -0.391. The molecule has 114 valence electrons. The predicted molar refractivity (Wildman–Crippen MR) is 67.6 cm³/mol. The molecule has 0 unspecified atom stereocenters. The predicted octanol–water partition coefficient (Wildman–Crippen LogP) is -0.321. The molecule has 10 nitrogen and oxygen atoms in total. The molecule has 0 saturated heterocycles. The van der Waals surface area contributed by atoms with Crippen molar-refractivity contribution in [2.45, 2.75) is 12.5 Å². The standard InChI is InChI=1S/C11H13N3O7/c1-13-7(3-4-8(13)14(19)20)10(16)12-6(11(17)18)5-9(15)21-2/h3-4,6H,5H2,1-2H3,(H,12,16)(H,17,18)/t6-/m0/s1. The molecule has 2 N–H and O–H groups in total. The summed E-state index contributed by atoms with van der Waals surface area (Å²) in [7, 11) is 2.38. The average molecular weight is 299 g/mol. The van der Waals surface area contributed by atoms with Gasteiger partial charge in [-0.2, -0.15) is 0 Å². The van der Waals surface area contributed by atoms with Crippen molar-refractivity contribution >= 4 is 23.7 Å². The molecule has 0 saturated carbocycles. The Balaban J connectivity index is 2.90. The van der Waals surface area contributed by atoms with Gasteiger partial charge >= 0.3 is 17.8 Å². The van der Waals surface area contributed by atoms with E-state index in [0.29, 0.717) is 0 Å². The average Bonchev–Trinajstić information content (AvgIpc) is 2.79. The number of carbonyl (C=O) groups is 3. The molecule has 0 aromatic carbocycles. The molecule has 21 heavy (non-hydrogen) atoms. The van der Waals surface area contributed by atoms with Gasteiger partial charge in [-0.1, -0.05) is 0 Å². The number of nitrogens with one attached hydrogen (secondary N) is 1. The molecule has 1 rings (SSSR count). The van der Waals surface area contributed by atoms with Gasteiger partial charge in [0.2, 0.25) is 0 Å². The fraction of sp³-hybridized carbons (Fsp3) is 0.364. The number of esters is 1. The van der Waals surface area contributed by atoms with Crippen LogP contribution in [0.5, 0.6) is 0 Å². The molecule has 1 aromatic heterocycles. The van der Waals surface area contributed by atoms with Crippen LogP contribution in [0.4, 0.5) is 5.82 Å². The maximum atomic E-state index is 11.9. The second-order valence-electron chi connectivity index (χ2n) is 4.04. The summed E-state index contributed by atoms with van der Waals surface area (Å²) in [5, 5.41) is 21.7. The van der Waals surface area contributed by atoms with E-state index >= 15 is 0 Å². The van der Waals surface area contributed by atoms with Crippen LogP contribution in [-0.4, -0.2) is 45.6 Å². The van der Waals surface area contributed by atoms with Crippen molar-refractivity contribution in [3.8, 4) is 0 Å². The van der Waals surface area contributed by atoms with Crippen molar-refractivity contribution in [2.24, 2.45) is 7.05 Å². The van der Waals surface area contributed by atoms with Crippen molar-refractivity contribution in [3.05, 3.63) is 27.9 Å². The highest BCUT2D eigenvalue weighted by atomic mass is 16.6. The number of rotatable bonds is 6. The SMILES string of the molecule is COC(=O)C[C@H](NC(=O)c1ccc([N+](=O)[O-])n1C)C(=O)O. The fourth-order valence-electron chi connectivity index (χ4n) is 1.59. The van der Waals surface area contributed by atoms with E-state index in [4.69, 9.17) is 5.11 Å². The molecule has 10 heteroatoms. The Bertz CT molecular complexity index is 593. The summed E-state index contributed by atoms with van der Waals surface area (Å²) < 4.78 is 5.34. The Hall–Kier alpha value is -2.91. The van der Waals surface area contributed by atoms with Gasteiger partial charge in [0, 0.05) is 6.07 Å². The first-order chi connectivity index (χ1) is 9.77. The molecule has 1 atom stereocenters. The summed E-state index contributed by atoms with van der Waals surface area (Å²) in [6.07, 6.45) is -0.551. The van der Waals surface area contributed by atoms with Gasteiger partial charge in [-0.15, -0.1) is 0 Å². The number of ether oxygens (including phenoxy) is 1. The maximum Gasteiger partial charge on any atom is 0.326 e. The lowest BCUT2D eigenvalue weighted by atomic mass is 10.2. The topological polar surface area (TPSA) is 141 Å². The van der Waals surface area contributed by atoms with Gasteiger partial charge in [0.25, 0.3) is 5.91 Å². The first kappa shape index (κ1) is 16.1. The molecule has 1 heterocycles. The number of nitrogens with zero attached hydrogens (tertiary/aromatic N) is 2. The lowest BCUT2D eigenvalue weighted by Crippen LogP contribution is -2.43. The zero-order valence-corrected chi connectivity index (χ0v) is 11.2. The Labute approximate surface area is 118 Å². The van der Waals surface area contributed by atoms with Crippen molar-refractivity contribution in [1.29, 1.82) is 0 Å². The van der Waals surface area contributed by atoms with Crippen LogP contribution in [0.3, 0.4) is 0 Å². The van der Waals surface area contributed by atoms with Gasteiger partial charge in [-0.05, 0) is 11.0 Å². The van der Waals surface area contributed by atoms with Crippen LogP contribution in [-0.2, 0) is 21.4 Å². The zero-order chi connectivity index (χ0) is 16.2. The molecule has 0 bridgehead atoms. The third kappa shape index (κ3) is 3.78. The quantitative estimate of drug-likeness (QED) is 0.416. The van der Waals surface area contributed by atoms with Crippen LogP contribution in [0.15, 0.2) is 12.1 Å². The number of methoxy groups -OCH3 is 1. The minimum absolute atomic E-state index is 0.0992. The van der Waals surface area contributed by atoms with E-state index in [2.05, 4.69) is 10.1 Å². The second kappa shape index (κ2) is 6.50. The Kier molecular flexibility index (Phi) is 5.00. The summed E-state index contributed by atoms with van der Waals surface area (Å²) >= 11 is 0. The van der Waals surface area contributed by atoms with E-state index in [9.17, 15) is 24.5 Å². The number of hydrogen-bond acceptors (Lipinski definition) is 6. The lowest BCUT2D eigenvalue weighted by Gasteiger charge is -2.12. The molecule has 1 amide bonds. The number of carboxylic acid groups (broad SMARTS) is 1. The molecule has 0 aliphatic rings. The second-order valence-corrected chi connectivity index (χ2v) is 4.04. The first-order valence-corrected chi connectivity index (χ1v) is 5.68. The number of nitro groups is 1. The van der Waals surface area contributed by atoms with Crippen LogP contribution < -0.4 is 5.32 Å². The number of carboxylic acids is 1. The third-order valence-corrected chi connectivity index (χ3v) is 2.72. The molecule has 0 spiro atoms. The molecule has 0 fully saturated rings. The zero-order valence-electron chi connectivity index (χ0n) is 11.2. The van der Waals surface area contributed by atoms with E-state index in [1.807, 2.05) is 0 Å². The molecule has 1 aromatic rings. The van der Waals surface area contributed by atoms with Crippen molar-refractivity contribution < 1.29 is 29.2 Å². The summed E-state index contributed by atoms with van der Waals surface area (Å²) in [6.45, 7) is 0. The van der Waals surface area contributed by atoms with Gasteiger partial charge in [0.05, 0.1) is 20.6 Å². The van der Waals surface area contributed by atoms with E-state index < -0.39 is 35.2 Å². The van der Waals surface area contributed by atoms with Crippen LogP contribution in [0.1, 0.15) is 16.9 Å². The Morgan fingerprint density at radius 3 is 2.52 bits per heavy atom. The molecular weight excluding hydrogens is 286 g/mol. The van der Waals surface area contributed by atoms with Crippen molar-refractivity contribution in [1.82, 2.24) is 9.88 Å². The van der Waals surface area contributed by atoms with Crippen LogP contribution in [0, 0.1) is 10.1 Å². The largest absolute Gasteiger partial charge is 0.480 e. The minimum Gasteiger partial charge on any atom is -0.480 e. The minimum atomic E-state index is -1.49. The van der Waals surface area contributed by atoms with E-state index in [1.165, 1.54) is 13.1 Å². The fourth-order valence-corrected chi connectivity index (χ4v) is 1.59. The van der Waals surface area contributed by atoms with Gasteiger partial charge in [-0.25, -0.2) is 9.36 Å².